The lowest BCUT2D eigenvalue weighted by Crippen LogP contribution is -2.34. The van der Waals surface area contributed by atoms with Gasteiger partial charge in [0.15, 0.2) is 0 Å². The zero-order valence-electron chi connectivity index (χ0n) is 10.6. The third kappa shape index (κ3) is 3.66. The molecule has 0 amide bonds. The van der Waals surface area contributed by atoms with Crippen molar-refractivity contribution in [3.63, 3.8) is 0 Å². The molecule has 4 nitrogen and oxygen atoms in total. The van der Waals surface area contributed by atoms with E-state index in [4.69, 9.17) is 4.74 Å². The van der Waals surface area contributed by atoms with Gasteiger partial charge in [-0.3, -0.25) is 0 Å². The Balaban J connectivity index is 1.95. The predicted molar refractivity (Wildman–Crippen MR) is 67.1 cm³/mol. The average molecular weight is 235 g/mol. The van der Waals surface area contributed by atoms with Crippen molar-refractivity contribution in [2.24, 2.45) is 5.92 Å². The van der Waals surface area contributed by atoms with Crippen molar-refractivity contribution in [2.45, 2.75) is 38.6 Å². The summed E-state index contributed by atoms with van der Waals surface area (Å²) in [5.74, 6) is 2.35. The second-order valence-electron chi connectivity index (χ2n) is 4.62. The van der Waals surface area contributed by atoms with Crippen LogP contribution in [-0.4, -0.2) is 29.7 Å². The minimum absolute atomic E-state index is 0.530. The molecule has 1 N–H and O–H groups in total. The summed E-state index contributed by atoms with van der Waals surface area (Å²) in [6.45, 7) is 3.27. The molecule has 1 atom stereocenters. The first kappa shape index (κ1) is 12.3. The molecule has 0 aromatic carbocycles. The van der Waals surface area contributed by atoms with Crippen LogP contribution >= 0.6 is 0 Å². The molecule has 0 saturated heterocycles. The molecule has 1 saturated carbocycles. The molecule has 0 spiro atoms. The van der Waals surface area contributed by atoms with Crippen LogP contribution < -0.4 is 10.1 Å². The standard InChI is InChI=1S/C13H21N3O/c1-3-7-14-11(10-4-5-10)9-12-15-8-6-13(16-12)17-2/h6,8,10-11,14H,3-5,7,9H2,1-2H3. The number of hydrogen-bond acceptors (Lipinski definition) is 4. The minimum atomic E-state index is 0.530. The van der Waals surface area contributed by atoms with Gasteiger partial charge in [0.1, 0.15) is 5.82 Å². The zero-order valence-corrected chi connectivity index (χ0v) is 10.6. The first-order chi connectivity index (χ1) is 8.33. The molecule has 0 bridgehead atoms. The Kier molecular flexibility index (Phi) is 4.31. The van der Waals surface area contributed by atoms with Gasteiger partial charge in [-0.2, -0.15) is 4.98 Å². The van der Waals surface area contributed by atoms with E-state index in [1.807, 2.05) is 0 Å². The lowest BCUT2D eigenvalue weighted by Gasteiger charge is -2.17. The molecular weight excluding hydrogens is 214 g/mol. The quantitative estimate of drug-likeness (QED) is 0.783. The van der Waals surface area contributed by atoms with Gasteiger partial charge in [-0.25, -0.2) is 4.98 Å². The Bertz CT molecular complexity index is 352. The summed E-state index contributed by atoms with van der Waals surface area (Å²) in [6, 6.07) is 2.32. The first-order valence-corrected chi connectivity index (χ1v) is 6.42. The van der Waals surface area contributed by atoms with E-state index in [9.17, 15) is 0 Å². The third-order valence-corrected chi connectivity index (χ3v) is 3.14. The summed E-state index contributed by atoms with van der Waals surface area (Å²) in [6.07, 6.45) is 6.52. The summed E-state index contributed by atoms with van der Waals surface area (Å²) < 4.78 is 5.12. The molecule has 0 aliphatic heterocycles. The largest absolute Gasteiger partial charge is 0.481 e. The number of rotatable bonds is 7. The van der Waals surface area contributed by atoms with Crippen LogP contribution in [0.1, 0.15) is 32.0 Å². The van der Waals surface area contributed by atoms with Gasteiger partial charge < -0.3 is 10.1 Å². The van der Waals surface area contributed by atoms with E-state index in [-0.39, 0.29) is 0 Å². The number of nitrogens with one attached hydrogen (secondary N) is 1. The van der Waals surface area contributed by atoms with Crippen LogP contribution in [0.2, 0.25) is 0 Å². The Morgan fingerprint density at radius 1 is 1.53 bits per heavy atom. The van der Waals surface area contributed by atoms with Crippen molar-refractivity contribution in [1.82, 2.24) is 15.3 Å². The lowest BCUT2D eigenvalue weighted by molar-refractivity contribution is 0.390. The maximum Gasteiger partial charge on any atom is 0.216 e. The fourth-order valence-corrected chi connectivity index (χ4v) is 2.02. The monoisotopic (exact) mass is 235 g/mol. The van der Waals surface area contributed by atoms with Gasteiger partial charge in [0.25, 0.3) is 0 Å². The molecule has 4 heteroatoms. The molecule has 1 aromatic rings. The highest BCUT2D eigenvalue weighted by Crippen LogP contribution is 2.33. The van der Waals surface area contributed by atoms with Gasteiger partial charge in [-0.15, -0.1) is 0 Å². The molecule has 17 heavy (non-hydrogen) atoms. The molecule has 1 unspecified atom stereocenters. The first-order valence-electron chi connectivity index (χ1n) is 6.42. The Labute approximate surface area is 103 Å². The normalized spacial score (nSPS) is 16.8. The van der Waals surface area contributed by atoms with Gasteiger partial charge in [0.2, 0.25) is 5.88 Å². The van der Waals surface area contributed by atoms with Crippen molar-refractivity contribution in [1.29, 1.82) is 0 Å². The minimum Gasteiger partial charge on any atom is -0.481 e. The summed E-state index contributed by atoms with van der Waals surface area (Å²) in [7, 11) is 1.64. The SMILES string of the molecule is CCCNC(Cc1nccc(OC)n1)C1CC1. The molecule has 1 aliphatic carbocycles. The smallest absolute Gasteiger partial charge is 0.216 e. The number of methoxy groups -OCH3 is 1. The van der Waals surface area contributed by atoms with E-state index in [1.54, 1.807) is 19.4 Å². The van der Waals surface area contributed by atoms with Crippen LogP contribution in [0.5, 0.6) is 5.88 Å². The van der Waals surface area contributed by atoms with Crippen LogP contribution in [0.15, 0.2) is 12.3 Å². The fraction of sp³-hybridized carbons (Fsp3) is 0.692. The van der Waals surface area contributed by atoms with E-state index < -0.39 is 0 Å². The molecule has 94 valence electrons. The maximum absolute atomic E-state index is 5.12. The van der Waals surface area contributed by atoms with Crippen molar-refractivity contribution >= 4 is 0 Å². The van der Waals surface area contributed by atoms with Crippen molar-refractivity contribution in [2.75, 3.05) is 13.7 Å². The van der Waals surface area contributed by atoms with Crippen LogP contribution in [0.25, 0.3) is 0 Å². The van der Waals surface area contributed by atoms with Crippen LogP contribution in [0, 0.1) is 5.92 Å². The van der Waals surface area contributed by atoms with E-state index in [1.165, 1.54) is 19.3 Å². The number of nitrogens with zero attached hydrogens (tertiary/aromatic N) is 2. The molecular formula is C13H21N3O. The molecule has 2 rings (SSSR count). The van der Waals surface area contributed by atoms with Crippen LogP contribution in [0.3, 0.4) is 0 Å². The van der Waals surface area contributed by atoms with Gasteiger partial charge in [0, 0.05) is 24.7 Å². The number of hydrogen-bond donors (Lipinski definition) is 1. The summed E-state index contributed by atoms with van der Waals surface area (Å²) in [5.41, 5.74) is 0. The molecule has 0 radical (unpaired) electrons. The Morgan fingerprint density at radius 2 is 2.35 bits per heavy atom. The average Bonchev–Trinajstić information content (AvgIpc) is 3.19. The highest BCUT2D eigenvalue weighted by molar-refractivity contribution is 5.09. The second-order valence-corrected chi connectivity index (χ2v) is 4.62. The second kappa shape index (κ2) is 5.96. The molecule has 1 aromatic heterocycles. The van der Waals surface area contributed by atoms with E-state index in [0.29, 0.717) is 11.9 Å². The summed E-state index contributed by atoms with van der Waals surface area (Å²) in [4.78, 5) is 8.69. The molecule has 1 aliphatic rings. The van der Waals surface area contributed by atoms with Crippen molar-refractivity contribution < 1.29 is 4.74 Å². The maximum atomic E-state index is 5.12. The molecule has 1 fully saturated rings. The van der Waals surface area contributed by atoms with Crippen LogP contribution in [-0.2, 0) is 6.42 Å². The van der Waals surface area contributed by atoms with E-state index in [2.05, 4.69) is 22.2 Å². The Hall–Kier alpha value is -1.16. The lowest BCUT2D eigenvalue weighted by atomic mass is 10.1. The highest BCUT2D eigenvalue weighted by atomic mass is 16.5. The molecule has 1 heterocycles. The number of aromatic nitrogens is 2. The zero-order chi connectivity index (χ0) is 12.1. The number of ether oxygens (including phenoxy) is 1. The highest BCUT2D eigenvalue weighted by Gasteiger charge is 2.31. The third-order valence-electron chi connectivity index (χ3n) is 3.14. The van der Waals surface area contributed by atoms with Gasteiger partial charge in [-0.1, -0.05) is 6.92 Å². The van der Waals surface area contributed by atoms with Gasteiger partial charge in [0.05, 0.1) is 7.11 Å². The van der Waals surface area contributed by atoms with E-state index >= 15 is 0 Å². The summed E-state index contributed by atoms with van der Waals surface area (Å²) >= 11 is 0. The van der Waals surface area contributed by atoms with Crippen molar-refractivity contribution in [3.05, 3.63) is 18.1 Å². The topological polar surface area (TPSA) is 47.0 Å². The van der Waals surface area contributed by atoms with Crippen LogP contribution in [0.4, 0.5) is 0 Å². The summed E-state index contributed by atoms with van der Waals surface area (Å²) in [5, 5.41) is 3.60. The Morgan fingerprint density at radius 3 is 3.00 bits per heavy atom. The fourth-order valence-electron chi connectivity index (χ4n) is 2.02. The predicted octanol–water partition coefficient (Wildman–Crippen LogP) is 1.81. The van der Waals surface area contributed by atoms with Gasteiger partial charge >= 0.3 is 0 Å². The van der Waals surface area contributed by atoms with Gasteiger partial charge in [-0.05, 0) is 31.7 Å². The van der Waals surface area contributed by atoms with Crippen molar-refractivity contribution in [3.8, 4) is 5.88 Å². The van der Waals surface area contributed by atoms with E-state index in [0.717, 1.165) is 24.7 Å².